The highest BCUT2D eigenvalue weighted by Gasteiger charge is 2.16. The number of hydrogen-bond acceptors (Lipinski definition) is 4. The Labute approximate surface area is 137 Å². The van der Waals surface area contributed by atoms with E-state index < -0.39 is 10.0 Å². The molecule has 0 aliphatic rings. The topological polar surface area (TPSA) is 72.2 Å². The Morgan fingerprint density at radius 2 is 2.05 bits per heavy atom. The smallest absolute Gasteiger partial charge is 0.240 e. The molecule has 114 valence electrons. The normalized spacial score (nSPS) is 11.8. The number of benzene rings is 1. The van der Waals surface area contributed by atoms with E-state index in [2.05, 4.69) is 20.7 Å². The van der Waals surface area contributed by atoms with Gasteiger partial charge >= 0.3 is 0 Å². The van der Waals surface area contributed by atoms with Crippen molar-refractivity contribution in [3.8, 4) is 0 Å². The third-order valence-corrected chi connectivity index (χ3v) is 6.36. The number of halogens is 1. The molecule has 0 fully saturated rings. The lowest BCUT2D eigenvalue weighted by Gasteiger charge is -2.10. The van der Waals surface area contributed by atoms with Gasteiger partial charge in [-0.2, -0.15) is 0 Å². The van der Waals surface area contributed by atoms with Crippen LogP contribution in [-0.4, -0.2) is 15.0 Å². The molecular formula is C14H17BrN2O2S2. The average Bonchev–Trinajstić information content (AvgIpc) is 2.84. The largest absolute Gasteiger partial charge is 0.326 e. The van der Waals surface area contributed by atoms with E-state index in [4.69, 9.17) is 5.73 Å². The molecule has 7 heteroatoms. The second-order valence-corrected chi connectivity index (χ2v) is 8.94. The number of nitrogens with two attached hydrogens (primary N) is 1. The minimum Gasteiger partial charge on any atom is -0.326 e. The molecule has 0 saturated carbocycles. The molecule has 0 aliphatic carbocycles. The van der Waals surface area contributed by atoms with Crippen LogP contribution in [0.5, 0.6) is 0 Å². The quantitative estimate of drug-likeness (QED) is 0.798. The molecule has 4 nitrogen and oxygen atoms in total. The summed E-state index contributed by atoms with van der Waals surface area (Å²) in [6.45, 7) is 2.48. The molecule has 0 unspecified atom stereocenters. The summed E-state index contributed by atoms with van der Waals surface area (Å²) in [6.07, 6.45) is 0.672. The zero-order chi connectivity index (χ0) is 15.5. The van der Waals surface area contributed by atoms with Crippen molar-refractivity contribution >= 4 is 37.3 Å². The van der Waals surface area contributed by atoms with Gasteiger partial charge in [0.2, 0.25) is 10.0 Å². The molecule has 1 aromatic carbocycles. The van der Waals surface area contributed by atoms with Gasteiger partial charge in [-0.1, -0.05) is 12.1 Å². The van der Waals surface area contributed by atoms with Crippen molar-refractivity contribution in [3.63, 3.8) is 0 Å². The van der Waals surface area contributed by atoms with Gasteiger partial charge in [-0.15, -0.1) is 11.3 Å². The maximum Gasteiger partial charge on any atom is 0.240 e. The van der Waals surface area contributed by atoms with Crippen LogP contribution >= 0.6 is 27.3 Å². The van der Waals surface area contributed by atoms with Gasteiger partial charge in [0.25, 0.3) is 0 Å². The highest BCUT2D eigenvalue weighted by Crippen LogP contribution is 2.22. The van der Waals surface area contributed by atoms with Crippen LogP contribution in [0.3, 0.4) is 0 Å². The lowest BCUT2D eigenvalue weighted by Crippen LogP contribution is -2.26. The predicted octanol–water partition coefficient (Wildman–Crippen LogP) is 2.80. The fourth-order valence-electron chi connectivity index (χ4n) is 1.93. The van der Waals surface area contributed by atoms with Gasteiger partial charge < -0.3 is 5.73 Å². The highest BCUT2D eigenvalue weighted by molar-refractivity contribution is 9.11. The van der Waals surface area contributed by atoms with E-state index in [1.807, 2.05) is 18.2 Å². The SMILES string of the molecule is Cc1ccc(CN)cc1S(=O)(=O)NCCc1ccc(Br)s1. The van der Waals surface area contributed by atoms with Gasteiger partial charge in [0.05, 0.1) is 8.68 Å². The lowest BCUT2D eigenvalue weighted by molar-refractivity contribution is 0.581. The molecule has 0 saturated heterocycles. The van der Waals surface area contributed by atoms with Gasteiger partial charge in [0, 0.05) is 18.0 Å². The Morgan fingerprint density at radius 3 is 2.67 bits per heavy atom. The number of rotatable bonds is 6. The third-order valence-electron chi connectivity index (χ3n) is 3.07. The summed E-state index contributed by atoms with van der Waals surface area (Å²) in [7, 11) is -3.50. The molecule has 0 atom stereocenters. The van der Waals surface area contributed by atoms with Crippen molar-refractivity contribution < 1.29 is 8.42 Å². The van der Waals surface area contributed by atoms with E-state index in [9.17, 15) is 8.42 Å². The standard InChI is InChI=1S/C14H17BrN2O2S2/c1-10-2-3-11(9-16)8-13(10)21(18,19)17-7-6-12-4-5-14(15)20-12/h2-5,8,17H,6-7,9,16H2,1H3. The van der Waals surface area contributed by atoms with Gasteiger partial charge in [0.1, 0.15) is 0 Å². The van der Waals surface area contributed by atoms with Crippen molar-refractivity contribution in [2.45, 2.75) is 24.8 Å². The van der Waals surface area contributed by atoms with Crippen LogP contribution < -0.4 is 10.5 Å². The fraction of sp³-hybridized carbons (Fsp3) is 0.286. The van der Waals surface area contributed by atoms with Crippen LogP contribution in [0.25, 0.3) is 0 Å². The Kier molecular flexibility index (Phi) is 5.56. The maximum absolute atomic E-state index is 12.4. The number of hydrogen-bond donors (Lipinski definition) is 2. The zero-order valence-electron chi connectivity index (χ0n) is 11.6. The Balaban J connectivity index is 2.07. The highest BCUT2D eigenvalue weighted by atomic mass is 79.9. The van der Waals surface area contributed by atoms with Crippen molar-refractivity contribution in [1.82, 2.24) is 4.72 Å². The molecule has 2 aromatic rings. The first kappa shape index (κ1) is 16.6. The Bertz CT molecular complexity index is 726. The predicted molar refractivity (Wildman–Crippen MR) is 90.0 cm³/mol. The first-order chi connectivity index (χ1) is 9.92. The van der Waals surface area contributed by atoms with Crippen molar-refractivity contribution in [3.05, 3.63) is 50.1 Å². The van der Waals surface area contributed by atoms with Gasteiger partial charge in [0.15, 0.2) is 0 Å². The van der Waals surface area contributed by atoms with Crippen molar-refractivity contribution in [1.29, 1.82) is 0 Å². The summed E-state index contributed by atoms with van der Waals surface area (Å²) in [4.78, 5) is 1.44. The second kappa shape index (κ2) is 7.02. The van der Waals surface area contributed by atoms with Crippen LogP contribution in [-0.2, 0) is 23.0 Å². The minimum absolute atomic E-state index is 0.304. The molecule has 0 aliphatic heterocycles. The number of aryl methyl sites for hydroxylation is 1. The summed E-state index contributed by atoms with van der Waals surface area (Å²) >= 11 is 5.00. The minimum atomic E-state index is -3.50. The number of sulfonamides is 1. The van der Waals surface area contributed by atoms with E-state index in [0.717, 1.165) is 19.8 Å². The van der Waals surface area contributed by atoms with Crippen molar-refractivity contribution in [2.24, 2.45) is 5.73 Å². The molecule has 3 N–H and O–H groups in total. The lowest BCUT2D eigenvalue weighted by atomic mass is 10.1. The van der Waals surface area contributed by atoms with Crippen LogP contribution in [0, 0.1) is 6.92 Å². The van der Waals surface area contributed by atoms with Gasteiger partial charge in [-0.3, -0.25) is 0 Å². The van der Waals surface area contributed by atoms with Crippen LogP contribution in [0.15, 0.2) is 39.0 Å². The first-order valence-corrected chi connectivity index (χ1v) is 9.55. The fourth-order valence-corrected chi connectivity index (χ4v) is 4.74. The average molecular weight is 389 g/mol. The van der Waals surface area contributed by atoms with Gasteiger partial charge in [-0.25, -0.2) is 13.1 Å². The van der Waals surface area contributed by atoms with Crippen molar-refractivity contribution in [2.75, 3.05) is 6.54 Å². The summed E-state index contributed by atoms with van der Waals surface area (Å²) in [5.74, 6) is 0. The molecule has 0 spiro atoms. The van der Waals surface area contributed by atoms with E-state index in [0.29, 0.717) is 24.4 Å². The Morgan fingerprint density at radius 1 is 1.29 bits per heavy atom. The molecule has 0 amide bonds. The molecule has 2 rings (SSSR count). The van der Waals surface area contributed by atoms with E-state index in [-0.39, 0.29) is 0 Å². The molecule has 1 aromatic heterocycles. The summed E-state index contributed by atoms with van der Waals surface area (Å²) in [5, 5.41) is 0. The second-order valence-electron chi connectivity index (χ2n) is 4.66. The first-order valence-electron chi connectivity index (χ1n) is 6.46. The molecule has 0 bridgehead atoms. The number of nitrogens with one attached hydrogen (secondary N) is 1. The summed E-state index contributed by atoms with van der Waals surface area (Å²) < 4.78 is 28.4. The zero-order valence-corrected chi connectivity index (χ0v) is 14.8. The molecule has 1 heterocycles. The molecule has 21 heavy (non-hydrogen) atoms. The Hall–Kier alpha value is -0.730. The third kappa shape index (κ3) is 4.37. The van der Waals surface area contributed by atoms with E-state index in [1.54, 1.807) is 30.4 Å². The van der Waals surface area contributed by atoms with Crippen LogP contribution in [0.4, 0.5) is 0 Å². The summed E-state index contributed by atoms with van der Waals surface area (Å²) in [5.41, 5.74) is 7.10. The molecular weight excluding hydrogens is 372 g/mol. The monoisotopic (exact) mass is 388 g/mol. The van der Waals surface area contributed by atoms with E-state index in [1.165, 1.54) is 0 Å². The van der Waals surface area contributed by atoms with Crippen LogP contribution in [0.2, 0.25) is 0 Å². The van der Waals surface area contributed by atoms with Crippen LogP contribution in [0.1, 0.15) is 16.0 Å². The molecule has 0 radical (unpaired) electrons. The number of thiophene rings is 1. The summed E-state index contributed by atoms with van der Waals surface area (Å²) in [6, 6.07) is 9.22. The van der Waals surface area contributed by atoms with Gasteiger partial charge in [-0.05, 0) is 58.6 Å². The maximum atomic E-state index is 12.4. The van der Waals surface area contributed by atoms with E-state index >= 15 is 0 Å².